The average Bonchev–Trinajstić information content (AvgIpc) is 2.34. The molecule has 1 aromatic rings. The number of hydrogen-bond donors (Lipinski definition) is 0. The number of piperazine rings is 1. The number of rotatable bonds is 3. The third-order valence-corrected chi connectivity index (χ3v) is 3.39. The molecule has 3 heteroatoms. The summed E-state index contributed by atoms with van der Waals surface area (Å²) in [6.07, 6.45) is 4.39. The first-order valence-electron chi connectivity index (χ1n) is 6.07. The van der Waals surface area contributed by atoms with Gasteiger partial charge in [0.15, 0.2) is 0 Å². The predicted molar refractivity (Wildman–Crippen MR) is 74.4 cm³/mol. The third-order valence-electron chi connectivity index (χ3n) is 3.14. The maximum atomic E-state index is 5.84. The fraction of sp³-hybridized carbons (Fsp3) is 0.429. The van der Waals surface area contributed by atoms with E-state index in [1.165, 1.54) is 31.7 Å². The Morgan fingerprint density at radius 2 is 1.76 bits per heavy atom. The van der Waals surface area contributed by atoms with Crippen molar-refractivity contribution in [3.8, 4) is 0 Å². The van der Waals surface area contributed by atoms with Crippen LogP contribution in [0.5, 0.6) is 0 Å². The largest absolute Gasteiger partial charge is 0.304 e. The third kappa shape index (κ3) is 4.15. The predicted octanol–water partition coefficient (Wildman–Crippen LogP) is 2.60. The Hall–Kier alpha value is -0.830. The van der Waals surface area contributed by atoms with Crippen LogP contribution < -0.4 is 0 Å². The molecule has 0 bridgehead atoms. The van der Waals surface area contributed by atoms with Gasteiger partial charge >= 0.3 is 0 Å². The highest BCUT2D eigenvalue weighted by Gasteiger charge is 2.11. The molecule has 92 valence electrons. The molecule has 1 aromatic carbocycles. The maximum Gasteiger partial charge on any atom is 0.0406 e. The van der Waals surface area contributed by atoms with Crippen molar-refractivity contribution in [1.29, 1.82) is 0 Å². The van der Waals surface area contributed by atoms with Crippen molar-refractivity contribution >= 4 is 17.7 Å². The number of hydrogen-bond acceptors (Lipinski definition) is 2. The van der Waals surface area contributed by atoms with Crippen LogP contribution in [0.1, 0.15) is 5.56 Å². The average molecular weight is 251 g/mol. The van der Waals surface area contributed by atoms with Crippen molar-refractivity contribution in [1.82, 2.24) is 9.80 Å². The zero-order valence-electron chi connectivity index (χ0n) is 10.3. The molecule has 0 aliphatic carbocycles. The number of halogens is 1. The molecular weight excluding hydrogens is 232 g/mol. The summed E-state index contributed by atoms with van der Waals surface area (Å²) in [4.78, 5) is 4.85. The standard InChI is InChI=1S/C14H19ClN2/c1-16-9-11-17(12-10-16)8-2-3-13-4-6-14(15)7-5-13/h2-7H,8-12H2,1H3/b3-2+. The Morgan fingerprint density at radius 1 is 1.12 bits per heavy atom. The topological polar surface area (TPSA) is 6.48 Å². The minimum absolute atomic E-state index is 0.793. The zero-order chi connectivity index (χ0) is 12.1. The molecule has 0 unspecified atom stereocenters. The molecule has 1 saturated heterocycles. The van der Waals surface area contributed by atoms with Gasteiger partial charge in [0.05, 0.1) is 0 Å². The lowest BCUT2D eigenvalue weighted by molar-refractivity contribution is 0.167. The van der Waals surface area contributed by atoms with E-state index >= 15 is 0 Å². The first kappa shape index (κ1) is 12.6. The fourth-order valence-electron chi connectivity index (χ4n) is 1.94. The molecule has 1 heterocycles. The second-order valence-electron chi connectivity index (χ2n) is 4.56. The van der Waals surface area contributed by atoms with Crippen molar-refractivity contribution in [3.63, 3.8) is 0 Å². The zero-order valence-corrected chi connectivity index (χ0v) is 11.0. The molecule has 0 spiro atoms. The first-order valence-corrected chi connectivity index (χ1v) is 6.45. The molecule has 0 radical (unpaired) electrons. The van der Waals surface area contributed by atoms with Gasteiger partial charge in [0.1, 0.15) is 0 Å². The summed E-state index contributed by atoms with van der Waals surface area (Å²) in [5, 5.41) is 0.793. The van der Waals surface area contributed by atoms with E-state index < -0.39 is 0 Å². The normalized spacial score (nSPS) is 18.9. The van der Waals surface area contributed by atoms with Gasteiger partial charge in [-0.15, -0.1) is 0 Å². The van der Waals surface area contributed by atoms with Crippen LogP contribution in [0.4, 0.5) is 0 Å². The minimum Gasteiger partial charge on any atom is -0.304 e. The van der Waals surface area contributed by atoms with Crippen molar-refractivity contribution in [2.75, 3.05) is 39.8 Å². The van der Waals surface area contributed by atoms with E-state index in [9.17, 15) is 0 Å². The van der Waals surface area contributed by atoms with E-state index in [2.05, 4.69) is 29.0 Å². The van der Waals surface area contributed by atoms with Gasteiger partial charge in [0.25, 0.3) is 0 Å². The van der Waals surface area contributed by atoms with Crippen molar-refractivity contribution in [3.05, 3.63) is 40.9 Å². The summed E-state index contributed by atoms with van der Waals surface area (Å²) >= 11 is 5.84. The maximum absolute atomic E-state index is 5.84. The van der Waals surface area contributed by atoms with Crippen LogP contribution in [0.25, 0.3) is 6.08 Å². The van der Waals surface area contributed by atoms with E-state index in [1.807, 2.05) is 24.3 Å². The van der Waals surface area contributed by atoms with Crippen LogP contribution in [0, 0.1) is 0 Å². The fourth-order valence-corrected chi connectivity index (χ4v) is 2.07. The Balaban J connectivity index is 1.79. The summed E-state index contributed by atoms with van der Waals surface area (Å²) in [5.74, 6) is 0. The molecule has 0 amide bonds. The molecule has 0 N–H and O–H groups in total. The summed E-state index contributed by atoms with van der Waals surface area (Å²) in [6.45, 7) is 5.73. The van der Waals surface area contributed by atoms with Gasteiger partial charge in [-0.2, -0.15) is 0 Å². The highest BCUT2D eigenvalue weighted by Crippen LogP contribution is 2.10. The van der Waals surface area contributed by atoms with Gasteiger partial charge in [-0.3, -0.25) is 4.90 Å². The first-order chi connectivity index (χ1) is 8.24. The van der Waals surface area contributed by atoms with Crippen molar-refractivity contribution < 1.29 is 0 Å². The Labute approximate surface area is 108 Å². The minimum atomic E-state index is 0.793. The van der Waals surface area contributed by atoms with Gasteiger partial charge in [-0.05, 0) is 24.7 Å². The van der Waals surface area contributed by atoms with Crippen LogP contribution in [0.2, 0.25) is 5.02 Å². The Kier molecular flexibility index (Phi) is 4.60. The van der Waals surface area contributed by atoms with E-state index in [1.54, 1.807) is 0 Å². The second-order valence-corrected chi connectivity index (χ2v) is 4.99. The van der Waals surface area contributed by atoms with Gasteiger partial charge in [-0.1, -0.05) is 35.9 Å². The molecule has 17 heavy (non-hydrogen) atoms. The molecule has 2 rings (SSSR count). The number of nitrogens with zero attached hydrogens (tertiary/aromatic N) is 2. The molecule has 2 nitrogen and oxygen atoms in total. The summed E-state index contributed by atoms with van der Waals surface area (Å²) < 4.78 is 0. The summed E-state index contributed by atoms with van der Waals surface area (Å²) in [5.41, 5.74) is 1.21. The quantitative estimate of drug-likeness (QED) is 0.814. The summed E-state index contributed by atoms with van der Waals surface area (Å²) in [7, 11) is 2.18. The smallest absolute Gasteiger partial charge is 0.0406 e. The molecule has 0 atom stereocenters. The molecule has 1 fully saturated rings. The molecule has 1 aliphatic rings. The Morgan fingerprint density at radius 3 is 2.41 bits per heavy atom. The molecular formula is C14H19ClN2. The van der Waals surface area contributed by atoms with Gasteiger partial charge in [0, 0.05) is 37.7 Å². The monoisotopic (exact) mass is 250 g/mol. The van der Waals surface area contributed by atoms with Crippen LogP contribution in [-0.4, -0.2) is 49.6 Å². The SMILES string of the molecule is CN1CCN(C/C=C/c2ccc(Cl)cc2)CC1. The van der Waals surface area contributed by atoms with Gasteiger partial charge in [0.2, 0.25) is 0 Å². The van der Waals surface area contributed by atoms with Crippen LogP contribution in [0.3, 0.4) is 0 Å². The van der Waals surface area contributed by atoms with E-state index in [4.69, 9.17) is 11.6 Å². The van der Waals surface area contributed by atoms with Crippen molar-refractivity contribution in [2.24, 2.45) is 0 Å². The lowest BCUT2D eigenvalue weighted by Gasteiger charge is -2.31. The molecule has 1 aliphatic heterocycles. The van der Waals surface area contributed by atoms with Gasteiger partial charge < -0.3 is 4.90 Å². The van der Waals surface area contributed by atoms with Crippen molar-refractivity contribution in [2.45, 2.75) is 0 Å². The van der Waals surface area contributed by atoms with Crippen LogP contribution in [-0.2, 0) is 0 Å². The lowest BCUT2D eigenvalue weighted by Crippen LogP contribution is -2.44. The number of benzene rings is 1. The van der Waals surface area contributed by atoms with E-state index in [-0.39, 0.29) is 0 Å². The van der Waals surface area contributed by atoms with E-state index in [0.717, 1.165) is 11.6 Å². The van der Waals surface area contributed by atoms with E-state index in [0.29, 0.717) is 0 Å². The number of likely N-dealkylation sites (N-methyl/N-ethyl adjacent to an activating group) is 1. The summed E-state index contributed by atoms with van der Waals surface area (Å²) in [6, 6.07) is 7.94. The Bertz CT molecular complexity index is 364. The highest BCUT2D eigenvalue weighted by atomic mass is 35.5. The molecule has 0 saturated carbocycles. The highest BCUT2D eigenvalue weighted by molar-refractivity contribution is 6.30. The van der Waals surface area contributed by atoms with Crippen LogP contribution in [0.15, 0.2) is 30.3 Å². The van der Waals surface area contributed by atoms with Crippen LogP contribution >= 0.6 is 11.6 Å². The van der Waals surface area contributed by atoms with Gasteiger partial charge in [-0.25, -0.2) is 0 Å². The lowest BCUT2D eigenvalue weighted by atomic mass is 10.2. The molecule has 0 aromatic heterocycles. The second kappa shape index (κ2) is 6.20.